The van der Waals surface area contributed by atoms with Crippen LogP contribution in [0.15, 0.2) is 0 Å². The van der Waals surface area contributed by atoms with Crippen molar-refractivity contribution in [2.24, 2.45) is 5.92 Å². The monoisotopic (exact) mass is 295 g/mol. The summed E-state index contributed by atoms with van der Waals surface area (Å²) in [5.41, 5.74) is 0. The molecule has 0 amide bonds. The van der Waals surface area contributed by atoms with Gasteiger partial charge in [0, 0.05) is 19.6 Å². The zero-order valence-corrected chi connectivity index (χ0v) is 12.6. The lowest BCUT2D eigenvalue weighted by atomic mass is 9.83. The molecule has 1 aromatic heterocycles. The van der Waals surface area contributed by atoms with Gasteiger partial charge < -0.3 is 10.2 Å². The number of hydrogen-bond acceptors (Lipinski definition) is 5. The maximum atomic E-state index is 6.02. The summed E-state index contributed by atoms with van der Waals surface area (Å²) in [5, 5.41) is 3.57. The highest BCUT2D eigenvalue weighted by atomic mass is 35.5. The molecule has 1 saturated carbocycles. The number of piperidine rings is 1. The third-order valence-corrected chi connectivity index (χ3v) is 4.46. The molecule has 1 saturated heterocycles. The Labute approximate surface area is 125 Å². The first kappa shape index (κ1) is 13.9. The molecule has 0 spiro atoms. The molecule has 1 aliphatic heterocycles. The minimum absolute atomic E-state index is 0.284. The van der Waals surface area contributed by atoms with Gasteiger partial charge in [-0.3, -0.25) is 0 Å². The summed E-state index contributed by atoms with van der Waals surface area (Å²) in [6, 6.07) is 0. The molecule has 6 heteroatoms. The van der Waals surface area contributed by atoms with E-state index in [9.17, 15) is 0 Å². The molecule has 0 bridgehead atoms. The Morgan fingerprint density at radius 3 is 2.55 bits per heavy atom. The third-order valence-electron chi connectivity index (χ3n) is 4.30. The molecule has 0 atom stereocenters. The highest BCUT2D eigenvalue weighted by molar-refractivity contribution is 6.28. The number of halogens is 1. The van der Waals surface area contributed by atoms with Gasteiger partial charge in [-0.05, 0) is 43.2 Å². The predicted octanol–water partition coefficient (Wildman–Crippen LogP) is 3.12. The second kappa shape index (κ2) is 6.57. The van der Waals surface area contributed by atoms with Crippen LogP contribution < -0.4 is 10.2 Å². The minimum atomic E-state index is 0.284. The van der Waals surface area contributed by atoms with Crippen molar-refractivity contribution in [1.82, 2.24) is 15.0 Å². The van der Waals surface area contributed by atoms with Crippen LogP contribution in [0.2, 0.25) is 5.28 Å². The molecule has 2 heterocycles. The van der Waals surface area contributed by atoms with Crippen LogP contribution in [0.4, 0.5) is 11.9 Å². The van der Waals surface area contributed by atoms with Crippen molar-refractivity contribution in [3.63, 3.8) is 0 Å². The Hall–Kier alpha value is -1.10. The number of anilines is 2. The van der Waals surface area contributed by atoms with E-state index < -0.39 is 0 Å². The van der Waals surface area contributed by atoms with Crippen LogP contribution in [-0.2, 0) is 0 Å². The third kappa shape index (κ3) is 3.51. The average molecular weight is 296 g/mol. The largest absolute Gasteiger partial charge is 0.354 e. The summed E-state index contributed by atoms with van der Waals surface area (Å²) in [7, 11) is 0. The second-order valence-corrected chi connectivity index (χ2v) is 6.13. The lowest BCUT2D eigenvalue weighted by Crippen LogP contribution is -2.31. The van der Waals surface area contributed by atoms with E-state index >= 15 is 0 Å². The maximum Gasteiger partial charge on any atom is 0.231 e. The maximum absolute atomic E-state index is 6.02. The smallest absolute Gasteiger partial charge is 0.231 e. The summed E-state index contributed by atoms with van der Waals surface area (Å²) in [6.07, 6.45) is 9.03. The molecule has 0 unspecified atom stereocenters. The summed E-state index contributed by atoms with van der Waals surface area (Å²) in [4.78, 5) is 15.1. The van der Waals surface area contributed by atoms with Crippen molar-refractivity contribution in [3.05, 3.63) is 5.28 Å². The molecule has 2 aliphatic rings. The first-order valence-electron chi connectivity index (χ1n) is 7.71. The molecule has 3 rings (SSSR count). The zero-order valence-electron chi connectivity index (χ0n) is 11.8. The molecular weight excluding hydrogens is 274 g/mol. The van der Waals surface area contributed by atoms with Crippen LogP contribution in [0.5, 0.6) is 0 Å². The SMILES string of the molecule is Clc1nc(NCCC2CCC2)nc(N2CCCCC2)n1. The lowest BCUT2D eigenvalue weighted by molar-refractivity contribution is 0.303. The molecule has 0 aromatic carbocycles. The van der Waals surface area contributed by atoms with Gasteiger partial charge in [0.25, 0.3) is 0 Å². The molecule has 1 N–H and O–H groups in total. The lowest BCUT2D eigenvalue weighted by Gasteiger charge is -2.27. The van der Waals surface area contributed by atoms with E-state index in [0.717, 1.165) is 31.5 Å². The van der Waals surface area contributed by atoms with E-state index in [4.69, 9.17) is 11.6 Å². The number of aromatic nitrogens is 3. The number of nitrogens with one attached hydrogen (secondary N) is 1. The van der Waals surface area contributed by atoms with Gasteiger partial charge >= 0.3 is 0 Å². The van der Waals surface area contributed by atoms with Crippen LogP contribution in [0.1, 0.15) is 44.9 Å². The number of rotatable bonds is 5. The Balaban J connectivity index is 1.59. The molecule has 20 heavy (non-hydrogen) atoms. The van der Waals surface area contributed by atoms with Crippen molar-refractivity contribution in [3.8, 4) is 0 Å². The number of hydrogen-bond donors (Lipinski definition) is 1. The van der Waals surface area contributed by atoms with Crippen molar-refractivity contribution in [2.75, 3.05) is 29.9 Å². The molecule has 1 aromatic rings. The van der Waals surface area contributed by atoms with Gasteiger partial charge in [0.15, 0.2) is 0 Å². The van der Waals surface area contributed by atoms with E-state index in [-0.39, 0.29) is 5.28 Å². The van der Waals surface area contributed by atoms with Crippen LogP contribution in [-0.4, -0.2) is 34.6 Å². The van der Waals surface area contributed by atoms with Gasteiger partial charge in [-0.15, -0.1) is 0 Å². The van der Waals surface area contributed by atoms with Gasteiger partial charge in [0.2, 0.25) is 17.2 Å². The topological polar surface area (TPSA) is 53.9 Å². The molecule has 110 valence electrons. The first-order valence-corrected chi connectivity index (χ1v) is 8.09. The van der Waals surface area contributed by atoms with E-state index in [1.807, 2.05) is 0 Å². The minimum Gasteiger partial charge on any atom is -0.354 e. The van der Waals surface area contributed by atoms with Crippen LogP contribution in [0.3, 0.4) is 0 Å². The van der Waals surface area contributed by atoms with Crippen LogP contribution in [0, 0.1) is 5.92 Å². The van der Waals surface area contributed by atoms with Gasteiger partial charge in [0.05, 0.1) is 0 Å². The van der Waals surface area contributed by atoms with Gasteiger partial charge in [-0.25, -0.2) is 0 Å². The Morgan fingerprint density at radius 2 is 1.85 bits per heavy atom. The van der Waals surface area contributed by atoms with Crippen molar-refractivity contribution < 1.29 is 0 Å². The summed E-state index contributed by atoms with van der Waals surface area (Å²) in [5.74, 6) is 2.22. The zero-order chi connectivity index (χ0) is 13.8. The second-order valence-electron chi connectivity index (χ2n) is 5.79. The van der Waals surface area contributed by atoms with E-state index in [1.54, 1.807) is 0 Å². The first-order chi connectivity index (χ1) is 9.81. The highest BCUT2D eigenvalue weighted by Crippen LogP contribution is 2.29. The molecule has 1 aliphatic carbocycles. The standard InChI is InChI=1S/C14H22ClN5/c15-12-17-13(16-8-7-11-5-4-6-11)19-14(18-12)20-9-2-1-3-10-20/h11H,1-10H2,(H,16,17,18,19). The van der Waals surface area contributed by atoms with Crippen LogP contribution >= 0.6 is 11.6 Å². The fraction of sp³-hybridized carbons (Fsp3) is 0.786. The Morgan fingerprint density at radius 1 is 1.05 bits per heavy atom. The quantitative estimate of drug-likeness (QED) is 0.904. The van der Waals surface area contributed by atoms with E-state index in [1.165, 1.54) is 44.9 Å². The summed E-state index contributed by atoms with van der Waals surface area (Å²) in [6.45, 7) is 2.95. The fourth-order valence-electron chi connectivity index (χ4n) is 2.82. The van der Waals surface area contributed by atoms with Crippen molar-refractivity contribution >= 4 is 23.5 Å². The summed E-state index contributed by atoms with van der Waals surface area (Å²) >= 11 is 6.02. The number of nitrogens with zero attached hydrogens (tertiary/aromatic N) is 4. The Bertz CT molecular complexity index is 443. The van der Waals surface area contributed by atoms with Gasteiger partial charge in [0.1, 0.15) is 0 Å². The molecule has 5 nitrogen and oxygen atoms in total. The summed E-state index contributed by atoms with van der Waals surface area (Å²) < 4.78 is 0. The van der Waals surface area contributed by atoms with E-state index in [0.29, 0.717) is 5.95 Å². The van der Waals surface area contributed by atoms with Gasteiger partial charge in [-0.2, -0.15) is 15.0 Å². The molecular formula is C14H22ClN5. The highest BCUT2D eigenvalue weighted by Gasteiger charge is 2.18. The predicted molar refractivity (Wildman–Crippen MR) is 81.3 cm³/mol. The fourth-order valence-corrected chi connectivity index (χ4v) is 2.98. The van der Waals surface area contributed by atoms with E-state index in [2.05, 4.69) is 25.2 Å². The van der Waals surface area contributed by atoms with Crippen LogP contribution in [0.25, 0.3) is 0 Å². The molecule has 0 radical (unpaired) electrons. The van der Waals surface area contributed by atoms with Crippen molar-refractivity contribution in [2.45, 2.75) is 44.9 Å². The molecule has 2 fully saturated rings. The average Bonchev–Trinajstić information content (AvgIpc) is 2.42. The van der Waals surface area contributed by atoms with Crippen molar-refractivity contribution in [1.29, 1.82) is 0 Å². The Kier molecular flexibility index (Phi) is 4.55. The normalized spacial score (nSPS) is 19.8. The van der Waals surface area contributed by atoms with Gasteiger partial charge in [-0.1, -0.05) is 19.3 Å².